The van der Waals surface area contributed by atoms with Crippen molar-refractivity contribution >= 4 is 38.9 Å². The standard InChI is InChI=1S/C26H23N3O4S/c1-3-11-29-19-12-18(9-10-21(19)33-14-22(29)31)20(30)13-28-15-27-25-24(26(28)32)23(16(2)34-25)17-7-5-4-6-8-17/h4-10,12,15H,3,11,13-14H2,1-2H3. The molecular weight excluding hydrogens is 450 g/mol. The van der Waals surface area contributed by atoms with Crippen molar-refractivity contribution in [2.75, 3.05) is 18.1 Å². The number of hydrogen-bond donors (Lipinski definition) is 0. The highest BCUT2D eigenvalue weighted by Gasteiger charge is 2.26. The van der Waals surface area contributed by atoms with E-state index >= 15 is 0 Å². The van der Waals surface area contributed by atoms with E-state index in [1.54, 1.807) is 23.1 Å². The van der Waals surface area contributed by atoms with E-state index < -0.39 is 0 Å². The molecule has 0 saturated carbocycles. The molecule has 1 aliphatic rings. The zero-order valence-electron chi connectivity index (χ0n) is 18.9. The summed E-state index contributed by atoms with van der Waals surface area (Å²) >= 11 is 1.47. The molecule has 0 atom stereocenters. The van der Waals surface area contributed by atoms with Gasteiger partial charge in [-0.1, -0.05) is 37.3 Å². The van der Waals surface area contributed by atoms with Crippen molar-refractivity contribution in [2.24, 2.45) is 0 Å². The van der Waals surface area contributed by atoms with E-state index in [9.17, 15) is 14.4 Å². The highest BCUT2D eigenvalue weighted by atomic mass is 32.1. The van der Waals surface area contributed by atoms with E-state index in [1.807, 2.05) is 44.2 Å². The number of ketones is 1. The number of carbonyl (C=O) groups excluding carboxylic acids is 2. The quantitative estimate of drug-likeness (QED) is 0.387. The normalized spacial score (nSPS) is 13.1. The molecule has 2 aromatic carbocycles. The fourth-order valence-electron chi connectivity index (χ4n) is 4.29. The number of Topliss-reactive ketones (excluding diaryl/α,β-unsaturated/α-hetero) is 1. The number of ether oxygens (including phenoxy) is 1. The first-order valence-corrected chi connectivity index (χ1v) is 11.9. The first kappa shape index (κ1) is 22.0. The molecule has 8 heteroatoms. The van der Waals surface area contributed by atoms with Crippen molar-refractivity contribution in [3.05, 3.63) is 75.7 Å². The van der Waals surface area contributed by atoms with Gasteiger partial charge in [0.1, 0.15) is 10.6 Å². The van der Waals surface area contributed by atoms with Crippen LogP contribution < -0.4 is 15.2 Å². The number of amides is 1. The molecule has 4 aromatic rings. The molecule has 0 aliphatic carbocycles. The molecule has 0 unspecified atom stereocenters. The Kier molecular flexibility index (Phi) is 5.75. The van der Waals surface area contributed by atoms with Gasteiger partial charge in [-0.3, -0.25) is 19.0 Å². The Balaban J connectivity index is 1.51. The van der Waals surface area contributed by atoms with Crippen LogP contribution in [0.5, 0.6) is 5.75 Å². The molecule has 7 nitrogen and oxygen atoms in total. The number of aromatic nitrogens is 2. The van der Waals surface area contributed by atoms with Gasteiger partial charge in [0, 0.05) is 22.5 Å². The molecule has 3 heterocycles. The van der Waals surface area contributed by atoms with Crippen LogP contribution in [0.3, 0.4) is 0 Å². The van der Waals surface area contributed by atoms with Crippen LogP contribution >= 0.6 is 11.3 Å². The van der Waals surface area contributed by atoms with Crippen molar-refractivity contribution < 1.29 is 14.3 Å². The minimum atomic E-state index is -0.245. The molecule has 0 radical (unpaired) electrons. The molecule has 0 fully saturated rings. The van der Waals surface area contributed by atoms with Gasteiger partial charge in [-0.25, -0.2) is 4.98 Å². The number of hydrogen-bond acceptors (Lipinski definition) is 6. The summed E-state index contributed by atoms with van der Waals surface area (Å²) in [5.41, 5.74) is 2.56. The van der Waals surface area contributed by atoms with Crippen molar-refractivity contribution in [3.8, 4) is 16.9 Å². The Bertz CT molecular complexity index is 1470. The molecule has 1 aliphatic heterocycles. The Labute approximate surface area is 200 Å². The summed E-state index contributed by atoms with van der Waals surface area (Å²) in [6.07, 6.45) is 2.22. The van der Waals surface area contributed by atoms with Crippen LogP contribution in [-0.4, -0.2) is 34.4 Å². The maximum Gasteiger partial charge on any atom is 0.265 e. The van der Waals surface area contributed by atoms with Gasteiger partial charge in [0.05, 0.1) is 23.9 Å². The second-order valence-electron chi connectivity index (χ2n) is 8.20. The van der Waals surface area contributed by atoms with E-state index in [2.05, 4.69) is 4.98 Å². The number of fused-ring (bicyclic) bond motifs is 2. The zero-order valence-corrected chi connectivity index (χ0v) is 19.7. The van der Waals surface area contributed by atoms with E-state index in [4.69, 9.17) is 4.74 Å². The predicted octanol–water partition coefficient (Wildman–Crippen LogP) is 4.45. The fraction of sp³-hybridized carbons (Fsp3) is 0.231. The lowest BCUT2D eigenvalue weighted by Gasteiger charge is -2.29. The summed E-state index contributed by atoms with van der Waals surface area (Å²) in [6.45, 7) is 4.36. The number of thiophene rings is 1. The number of rotatable bonds is 6. The summed E-state index contributed by atoms with van der Waals surface area (Å²) in [5.74, 6) is 0.200. The average molecular weight is 474 g/mol. The van der Waals surface area contributed by atoms with Crippen molar-refractivity contribution in [1.29, 1.82) is 0 Å². The molecule has 0 spiro atoms. The van der Waals surface area contributed by atoms with E-state index in [0.717, 1.165) is 22.4 Å². The van der Waals surface area contributed by atoms with Crippen LogP contribution in [0.4, 0.5) is 5.69 Å². The monoisotopic (exact) mass is 473 g/mol. The Morgan fingerprint density at radius 3 is 2.71 bits per heavy atom. The van der Waals surface area contributed by atoms with E-state index in [1.165, 1.54) is 22.2 Å². The predicted molar refractivity (Wildman–Crippen MR) is 133 cm³/mol. The first-order chi connectivity index (χ1) is 16.5. The van der Waals surface area contributed by atoms with Crippen LogP contribution in [0.15, 0.2) is 59.7 Å². The average Bonchev–Trinajstić information content (AvgIpc) is 3.19. The number of carbonyl (C=O) groups is 2. The van der Waals surface area contributed by atoms with Crippen LogP contribution in [0, 0.1) is 6.92 Å². The Morgan fingerprint density at radius 2 is 1.94 bits per heavy atom. The molecule has 0 bridgehead atoms. The lowest BCUT2D eigenvalue weighted by atomic mass is 10.0. The molecule has 1 amide bonds. The lowest BCUT2D eigenvalue weighted by molar-refractivity contribution is -0.121. The third kappa shape index (κ3) is 3.80. The van der Waals surface area contributed by atoms with Gasteiger partial charge in [0.2, 0.25) is 0 Å². The Hall–Kier alpha value is -3.78. The second kappa shape index (κ2) is 8.87. The minimum Gasteiger partial charge on any atom is -0.482 e. The zero-order chi connectivity index (χ0) is 23.8. The highest BCUT2D eigenvalue weighted by molar-refractivity contribution is 7.19. The SMILES string of the molecule is CCCN1C(=O)COc2ccc(C(=O)Cn3cnc4sc(C)c(-c5ccccc5)c4c3=O)cc21. The molecule has 0 N–H and O–H groups in total. The highest BCUT2D eigenvalue weighted by Crippen LogP contribution is 2.36. The Morgan fingerprint density at radius 1 is 1.15 bits per heavy atom. The minimum absolute atomic E-state index is 0.00875. The largest absolute Gasteiger partial charge is 0.482 e. The van der Waals surface area contributed by atoms with E-state index in [0.29, 0.717) is 33.8 Å². The van der Waals surface area contributed by atoms with Crippen LogP contribution in [0.1, 0.15) is 28.6 Å². The summed E-state index contributed by atoms with van der Waals surface area (Å²) in [5, 5.41) is 0.530. The van der Waals surface area contributed by atoms with Crippen molar-refractivity contribution in [3.63, 3.8) is 0 Å². The summed E-state index contributed by atoms with van der Waals surface area (Å²) in [6, 6.07) is 14.8. The van der Waals surface area contributed by atoms with E-state index in [-0.39, 0.29) is 30.4 Å². The molecule has 5 rings (SSSR count). The first-order valence-electron chi connectivity index (χ1n) is 11.1. The van der Waals surface area contributed by atoms with Crippen LogP contribution in [0.2, 0.25) is 0 Å². The summed E-state index contributed by atoms with van der Waals surface area (Å²) in [4.78, 5) is 46.7. The topological polar surface area (TPSA) is 81.5 Å². The molecule has 0 saturated heterocycles. The molecule has 34 heavy (non-hydrogen) atoms. The summed E-state index contributed by atoms with van der Waals surface area (Å²) in [7, 11) is 0. The molecule has 2 aromatic heterocycles. The third-order valence-corrected chi connectivity index (χ3v) is 6.92. The summed E-state index contributed by atoms with van der Waals surface area (Å²) < 4.78 is 6.88. The van der Waals surface area contributed by atoms with Gasteiger partial charge >= 0.3 is 0 Å². The maximum atomic E-state index is 13.4. The van der Waals surface area contributed by atoms with Crippen molar-refractivity contribution in [1.82, 2.24) is 9.55 Å². The third-order valence-electron chi connectivity index (χ3n) is 5.90. The van der Waals surface area contributed by atoms with Gasteiger partial charge in [0.15, 0.2) is 12.4 Å². The molecular formula is C26H23N3O4S. The van der Waals surface area contributed by atoms with Gasteiger partial charge in [-0.2, -0.15) is 0 Å². The lowest BCUT2D eigenvalue weighted by Crippen LogP contribution is -2.39. The number of aryl methyl sites for hydroxylation is 1. The van der Waals surface area contributed by atoms with Crippen molar-refractivity contribution in [2.45, 2.75) is 26.8 Å². The second-order valence-corrected chi connectivity index (χ2v) is 9.40. The van der Waals surface area contributed by atoms with Gasteiger partial charge in [0.25, 0.3) is 11.5 Å². The maximum absolute atomic E-state index is 13.4. The number of anilines is 1. The number of benzene rings is 2. The number of nitrogens with zero attached hydrogens (tertiary/aromatic N) is 3. The van der Waals surface area contributed by atoms with Gasteiger partial charge in [-0.05, 0) is 37.1 Å². The van der Waals surface area contributed by atoms with Crippen LogP contribution in [0.25, 0.3) is 21.3 Å². The smallest absolute Gasteiger partial charge is 0.265 e. The molecule has 172 valence electrons. The fourth-order valence-corrected chi connectivity index (χ4v) is 5.30. The van der Waals surface area contributed by atoms with Crippen LogP contribution in [-0.2, 0) is 11.3 Å². The van der Waals surface area contributed by atoms with Gasteiger partial charge in [-0.15, -0.1) is 11.3 Å². The van der Waals surface area contributed by atoms with Gasteiger partial charge < -0.3 is 9.64 Å².